The van der Waals surface area contributed by atoms with Crippen molar-refractivity contribution in [2.24, 2.45) is 0 Å². The number of aromatic nitrogens is 1. The second-order valence-corrected chi connectivity index (χ2v) is 5.44. The van der Waals surface area contributed by atoms with Crippen molar-refractivity contribution in [1.29, 1.82) is 0 Å². The molecule has 2 aromatic heterocycles. The van der Waals surface area contributed by atoms with E-state index >= 15 is 0 Å². The first-order valence-corrected chi connectivity index (χ1v) is 6.91. The van der Waals surface area contributed by atoms with E-state index in [0.29, 0.717) is 6.54 Å². The Kier molecular flexibility index (Phi) is 3.72. The number of hydrogen-bond donors (Lipinski definition) is 2. The normalized spacial score (nSPS) is 11.6. The molecule has 0 unspecified atom stereocenters. The maximum atomic E-state index is 11.8. The first-order chi connectivity index (χ1) is 8.99. The minimum Gasteiger partial charge on any atom is -0.475 e. The first-order valence-electron chi connectivity index (χ1n) is 5.42. The molecule has 0 saturated heterocycles. The van der Waals surface area contributed by atoms with Gasteiger partial charge in [-0.05, 0) is 24.3 Å². The van der Waals surface area contributed by atoms with Gasteiger partial charge in [-0.2, -0.15) is 0 Å². The molecule has 2 N–H and O–H groups in total. The Hall–Kier alpha value is -2.06. The minimum absolute atomic E-state index is 0.181. The molecule has 0 bridgehead atoms. The van der Waals surface area contributed by atoms with Crippen molar-refractivity contribution >= 4 is 16.0 Å². The van der Waals surface area contributed by atoms with Gasteiger partial charge in [0.05, 0.1) is 0 Å². The van der Waals surface area contributed by atoms with Crippen LogP contribution < -0.4 is 4.72 Å². The van der Waals surface area contributed by atoms with E-state index in [1.54, 1.807) is 0 Å². The number of nitrogens with one attached hydrogen (secondary N) is 1. The summed E-state index contributed by atoms with van der Waals surface area (Å²) in [5.74, 6) is -1.72. The van der Waals surface area contributed by atoms with E-state index in [9.17, 15) is 13.2 Å². The lowest BCUT2D eigenvalue weighted by molar-refractivity contribution is 0.0656. The summed E-state index contributed by atoms with van der Waals surface area (Å²) >= 11 is 0. The van der Waals surface area contributed by atoms with Gasteiger partial charge in [0.1, 0.15) is 0 Å². The Morgan fingerprint density at radius 3 is 2.58 bits per heavy atom. The lowest BCUT2D eigenvalue weighted by Crippen LogP contribution is -2.26. The number of hydrogen-bond acceptors (Lipinski definition) is 4. The van der Waals surface area contributed by atoms with E-state index < -0.39 is 26.8 Å². The summed E-state index contributed by atoms with van der Waals surface area (Å²) in [6.45, 7) is 0.652. The standard InChI is InChI=1S/C11H12N2O5S/c14-11(15)9-3-4-10(18-9)19(16,17)12-5-8-13-6-1-2-7-13/h1-4,6-7,12H,5,8H2,(H,14,15). The Bertz CT molecular complexity index is 657. The van der Waals surface area contributed by atoms with Crippen LogP contribution in [0, 0.1) is 0 Å². The van der Waals surface area contributed by atoms with Crippen molar-refractivity contribution in [2.75, 3.05) is 6.54 Å². The zero-order valence-electron chi connectivity index (χ0n) is 9.81. The molecule has 7 nitrogen and oxygen atoms in total. The molecule has 0 fully saturated rings. The van der Waals surface area contributed by atoms with Crippen LogP contribution in [0.15, 0.2) is 46.2 Å². The maximum absolute atomic E-state index is 11.8. The van der Waals surface area contributed by atoms with E-state index in [-0.39, 0.29) is 6.54 Å². The summed E-state index contributed by atoms with van der Waals surface area (Å²) in [6.07, 6.45) is 3.62. The highest BCUT2D eigenvalue weighted by Crippen LogP contribution is 2.13. The third-order valence-corrected chi connectivity index (χ3v) is 3.72. The fourth-order valence-electron chi connectivity index (χ4n) is 1.48. The number of carbonyl (C=O) groups is 1. The largest absolute Gasteiger partial charge is 0.475 e. The number of carboxylic acid groups (broad SMARTS) is 1. The Balaban J connectivity index is 1.99. The molecule has 2 aromatic rings. The molecule has 2 heterocycles. The average Bonchev–Trinajstić information content (AvgIpc) is 2.99. The molecule has 0 atom stereocenters. The molecule has 102 valence electrons. The van der Waals surface area contributed by atoms with Gasteiger partial charge in [-0.25, -0.2) is 17.9 Å². The van der Waals surface area contributed by atoms with Crippen LogP contribution in [0.3, 0.4) is 0 Å². The van der Waals surface area contributed by atoms with Crippen molar-refractivity contribution in [3.05, 3.63) is 42.4 Å². The van der Waals surface area contributed by atoms with Crippen molar-refractivity contribution in [3.8, 4) is 0 Å². The number of nitrogens with zero attached hydrogens (tertiary/aromatic N) is 1. The second-order valence-electron chi connectivity index (χ2n) is 3.74. The third kappa shape index (κ3) is 3.24. The average molecular weight is 284 g/mol. The predicted octanol–water partition coefficient (Wildman–Crippen LogP) is 0.758. The monoisotopic (exact) mass is 284 g/mol. The number of rotatable bonds is 6. The summed E-state index contributed by atoms with van der Waals surface area (Å²) in [5.41, 5.74) is 0. The maximum Gasteiger partial charge on any atom is 0.371 e. The molecule has 0 radical (unpaired) electrons. The van der Waals surface area contributed by atoms with Gasteiger partial charge in [0.15, 0.2) is 0 Å². The molecule has 0 aliphatic carbocycles. The second kappa shape index (κ2) is 5.29. The van der Waals surface area contributed by atoms with Crippen LogP contribution in [0.2, 0.25) is 0 Å². The summed E-state index contributed by atoms with van der Waals surface area (Å²) in [6, 6.07) is 5.88. The van der Waals surface area contributed by atoms with Gasteiger partial charge >= 0.3 is 5.97 Å². The molecule has 0 aromatic carbocycles. The summed E-state index contributed by atoms with van der Waals surface area (Å²) < 4.78 is 32.5. The predicted molar refractivity (Wildman–Crippen MR) is 65.3 cm³/mol. The smallest absolute Gasteiger partial charge is 0.371 e. The van der Waals surface area contributed by atoms with Crippen molar-refractivity contribution < 1.29 is 22.7 Å². The summed E-state index contributed by atoms with van der Waals surface area (Å²) in [5, 5.41) is 8.25. The van der Waals surface area contributed by atoms with E-state index in [1.165, 1.54) is 0 Å². The topological polar surface area (TPSA) is 102 Å². The SMILES string of the molecule is O=C(O)c1ccc(S(=O)(=O)NCCn2cccc2)o1. The number of carboxylic acids is 1. The quantitative estimate of drug-likeness (QED) is 0.815. The fraction of sp³-hybridized carbons (Fsp3) is 0.182. The summed E-state index contributed by atoms with van der Waals surface area (Å²) in [7, 11) is -3.82. The summed E-state index contributed by atoms with van der Waals surface area (Å²) in [4.78, 5) is 10.6. The van der Waals surface area contributed by atoms with E-state index in [1.807, 2.05) is 29.1 Å². The zero-order chi connectivity index (χ0) is 13.9. The zero-order valence-corrected chi connectivity index (χ0v) is 10.6. The minimum atomic E-state index is -3.82. The van der Waals surface area contributed by atoms with Crippen LogP contribution in [0.5, 0.6) is 0 Å². The first kappa shape index (κ1) is 13.4. The molecule has 0 saturated carbocycles. The van der Waals surface area contributed by atoms with Gasteiger partial charge in [0.2, 0.25) is 10.9 Å². The van der Waals surface area contributed by atoms with Crippen LogP contribution >= 0.6 is 0 Å². The molecular formula is C11H12N2O5S. The number of furan rings is 1. The Morgan fingerprint density at radius 1 is 1.32 bits per heavy atom. The Labute approximate surface area is 109 Å². The Morgan fingerprint density at radius 2 is 2.00 bits per heavy atom. The fourth-order valence-corrected chi connectivity index (χ4v) is 2.43. The molecule has 19 heavy (non-hydrogen) atoms. The van der Waals surface area contributed by atoms with Gasteiger partial charge in [-0.1, -0.05) is 0 Å². The van der Waals surface area contributed by atoms with Crippen LogP contribution in [-0.2, 0) is 16.6 Å². The number of sulfonamides is 1. The van der Waals surface area contributed by atoms with E-state index in [0.717, 1.165) is 12.1 Å². The molecule has 2 rings (SSSR count). The molecule has 0 aliphatic rings. The van der Waals surface area contributed by atoms with Crippen molar-refractivity contribution in [3.63, 3.8) is 0 Å². The van der Waals surface area contributed by atoms with Crippen molar-refractivity contribution in [1.82, 2.24) is 9.29 Å². The lowest BCUT2D eigenvalue weighted by atomic mass is 10.5. The van der Waals surface area contributed by atoms with Gasteiger partial charge < -0.3 is 14.1 Å². The molecule has 0 spiro atoms. The highest BCUT2D eigenvalue weighted by atomic mass is 32.2. The van der Waals surface area contributed by atoms with Gasteiger partial charge in [0.25, 0.3) is 10.0 Å². The van der Waals surface area contributed by atoms with Crippen molar-refractivity contribution in [2.45, 2.75) is 11.6 Å². The molecular weight excluding hydrogens is 272 g/mol. The highest BCUT2D eigenvalue weighted by molar-refractivity contribution is 7.89. The van der Waals surface area contributed by atoms with E-state index in [2.05, 4.69) is 4.72 Å². The highest BCUT2D eigenvalue weighted by Gasteiger charge is 2.20. The van der Waals surface area contributed by atoms with Gasteiger partial charge in [-0.3, -0.25) is 0 Å². The molecule has 0 aliphatic heterocycles. The molecule has 8 heteroatoms. The third-order valence-electron chi connectivity index (χ3n) is 2.39. The lowest BCUT2D eigenvalue weighted by Gasteiger charge is -2.05. The van der Waals surface area contributed by atoms with Crippen LogP contribution in [0.1, 0.15) is 10.6 Å². The molecule has 0 amide bonds. The van der Waals surface area contributed by atoms with Crippen LogP contribution in [-0.4, -0.2) is 30.6 Å². The van der Waals surface area contributed by atoms with Crippen LogP contribution in [0.4, 0.5) is 0 Å². The number of aromatic carboxylic acids is 1. The van der Waals surface area contributed by atoms with E-state index in [4.69, 9.17) is 9.52 Å². The van der Waals surface area contributed by atoms with Crippen LogP contribution in [0.25, 0.3) is 0 Å². The van der Waals surface area contributed by atoms with Gasteiger partial charge in [0, 0.05) is 25.5 Å². The van der Waals surface area contributed by atoms with Gasteiger partial charge in [-0.15, -0.1) is 0 Å².